The second-order valence-electron chi connectivity index (χ2n) is 8.19. The van der Waals surface area contributed by atoms with Crippen LogP contribution >= 0.6 is 11.6 Å². The number of carbonyl (C=O) groups excluding carboxylic acids is 2. The first-order valence-corrected chi connectivity index (χ1v) is 11.4. The van der Waals surface area contributed by atoms with Gasteiger partial charge in [0.15, 0.2) is 0 Å². The van der Waals surface area contributed by atoms with Gasteiger partial charge in [0.25, 0.3) is 0 Å². The van der Waals surface area contributed by atoms with Crippen LogP contribution < -0.4 is 10.2 Å². The molecule has 32 heavy (non-hydrogen) atoms. The molecule has 0 aromatic heterocycles. The summed E-state index contributed by atoms with van der Waals surface area (Å²) in [5.41, 5.74) is 3.36. The van der Waals surface area contributed by atoms with E-state index >= 15 is 0 Å². The molecule has 0 amide bonds. The summed E-state index contributed by atoms with van der Waals surface area (Å²) in [6.07, 6.45) is 8.18. The largest absolute Gasteiger partial charge is 0.466 e. The summed E-state index contributed by atoms with van der Waals surface area (Å²) in [5.74, 6) is 0.253. The minimum Gasteiger partial charge on any atom is -0.466 e. The highest BCUT2D eigenvalue weighted by Gasteiger charge is 2.27. The number of halogens is 1. The molecule has 0 spiro atoms. The summed E-state index contributed by atoms with van der Waals surface area (Å²) < 4.78 is 4.96. The lowest BCUT2D eigenvalue weighted by Gasteiger charge is -2.27. The van der Waals surface area contributed by atoms with Crippen molar-refractivity contribution in [3.05, 3.63) is 65.7 Å². The van der Waals surface area contributed by atoms with Gasteiger partial charge in [0, 0.05) is 55.1 Å². The van der Waals surface area contributed by atoms with E-state index in [2.05, 4.69) is 44.3 Å². The molecule has 1 N–H and O–H groups in total. The van der Waals surface area contributed by atoms with E-state index in [0.717, 1.165) is 29.8 Å². The van der Waals surface area contributed by atoms with Crippen molar-refractivity contribution in [1.82, 2.24) is 5.32 Å². The maximum Gasteiger partial charge on any atom is 0.305 e. The molecule has 6 heteroatoms. The summed E-state index contributed by atoms with van der Waals surface area (Å²) in [4.78, 5) is 23.8. The second-order valence-corrected chi connectivity index (χ2v) is 8.63. The molecule has 0 fully saturated rings. The van der Waals surface area contributed by atoms with Crippen LogP contribution in [0.3, 0.4) is 0 Å². The summed E-state index contributed by atoms with van der Waals surface area (Å²) >= 11 is 6.04. The van der Waals surface area contributed by atoms with Crippen molar-refractivity contribution in [2.45, 2.75) is 51.5 Å². The van der Waals surface area contributed by atoms with Gasteiger partial charge in [-0.25, -0.2) is 0 Å². The van der Waals surface area contributed by atoms with E-state index in [4.69, 9.17) is 16.3 Å². The van der Waals surface area contributed by atoms with Crippen LogP contribution in [0, 0.1) is 0 Å². The number of anilines is 1. The van der Waals surface area contributed by atoms with E-state index in [1.165, 1.54) is 11.3 Å². The monoisotopic (exact) mass is 460 g/mol. The van der Waals surface area contributed by atoms with Crippen LogP contribution in [-0.4, -0.2) is 44.5 Å². The molecule has 0 saturated carbocycles. The van der Waals surface area contributed by atoms with Crippen molar-refractivity contribution in [1.29, 1.82) is 0 Å². The van der Waals surface area contributed by atoms with Crippen molar-refractivity contribution < 1.29 is 14.3 Å². The van der Waals surface area contributed by atoms with E-state index in [1.54, 1.807) is 12.2 Å². The Morgan fingerprint density at radius 1 is 1.38 bits per heavy atom. The zero-order valence-electron chi connectivity index (χ0n) is 19.8. The minimum absolute atomic E-state index is 0.115. The molecule has 5 nitrogen and oxygen atoms in total. The highest BCUT2D eigenvalue weighted by Crippen LogP contribution is 2.39. The third-order valence-corrected chi connectivity index (χ3v) is 5.64. The van der Waals surface area contributed by atoms with Crippen LogP contribution in [0.5, 0.6) is 0 Å². The molecule has 1 aromatic carbocycles. The van der Waals surface area contributed by atoms with E-state index in [-0.39, 0.29) is 11.5 Å². The van der Waals surface area contributed by atoms with E-state index in [9.17, 15) is 9.59 Å². The quantitative estimate of drug-likeness (QED) is 0.206. The number of aldehydes is 1. The van der Waals surface area contributed by atoms with Crippen LogP contribution in [0.4, 0.5) is 5.69 Å². The van der Waals surface area contributed by atoms with E-state index < -0.39 is 0 Å². The number of allylic oxidation sites excluding steroid dienone is 2. The molecule has 2 rings (SSSR count). The number of esters is 1. The van der Waals surface area contributed by atoms with Gasteiger partial charge in [-0.15, -0.1) is 0 Å². The zero-order valence-corrected chi connectivity index (χ0v) is 20.6. The van der Waals surface area contributed by atoms with Gasteiger partial charge >= 0.3 is 5.97 Å². The first-order chi connectivity index (χ1) is 15.2. The zero-order chi connectivity index (χ0) is 24.1. The van der Waals surface area contributed by atoms with E-state index in [1.807, 2.05) is 31.2 Å². The van der Waals surface area contributed by atoms with Gasteiger partial charge < -0.3 is 19.7 Å². The fraction of sp³-hybridized carbons (Fsp3) is 0.462. The number of likely N-dealkylation sites (N-methyl/N-ethyl adjacent to an activating group) is 1. The van der Waals surface area contributed by atoms with Crippen molar-refractivity contribution in [3.8, 4) is 0 Å². The predicted molar refractivity (Wildman–Crippen MR) is 135 cm³/mol. The van der Waals surface area contributed by atoms with Crippen LogP contribution in [0.25, 0.3) is 0 Å². The van der Waals surface area contributed by atoms with E-state index in [0.29, 0.717) is 31.9 Å². The van der Waals surface area contributed by atoms with Crippen LogP contribution in [0.1, 0.15) is 51.5 Å². The molecule has 176 valence electrons. The summed E-state index contributed by atoms with van der Waals surface area (Å²) in [5, 5.41) is 4.03. The molecule has 0 radical (unpaired) electrons. The van der Waals surface area contributed by atoms with Crippen LogP contribution in [0.2, 0.25) is 5.02 Å². The Kier molecular flexibility index (Phi) is 12.0. The summed E-state index contributed by atoms with van der Waals surface area (Å²) in [7, 11) is 2.07. The molecular formula is C26H37ClN2O3. The number of carbonyl (C=O) groups is 2. The Bertz CT molecular complexity index is 817. The molecule has 1 atom stereocenters. The highest BCUT2D eigenvalue weighted by molar-refractivity contribution is 6.30. The molecule has 1 unspecified atom stereocenters. The Hall–Kier alpha value is -2.37. The van der Waals surface area contributed by atoms with Gasteiger partial charge in [-0.3, -0.25) is 4.79 Å². The van der Waals surface area contributed by atoms with Crippen molar-refractivity contribution >= 4 is 29.5 Å². The first-order valence-electron chi connectivity index (χ1n) is 11.0. The number of rotatable bonds is 11. The lowest BCUT2D eigenvalue weighted by atomic mass is 9.93. The third-order valence-electron chi connectivity index (χ3n) is 5.41. The van der Waals surface area contributed by atoms with Crippen molar-refractivity contribution in [2.24, 2.45) is 0 Å². The number of nitrogens with zero attached hydrogens (tertiary/aromatic N) is 1. The first kappa shape index (κ1) is 27.7. The Morgan fingerprint density at radius 2 is 2.09 bits per heavy atom. The SMILES string of the molecule is C=C/C=C(\C=C)C(C)(C)NCCC=O.CCOC(=O)CCC1CN(C)c2ccc(Cl)cc21. The van der Waals surface area contributed by atoms with Gasteiger partial charge in [-0.05, 0) is 56.5 Å². The Morgan fingerprint density at radius 3 is 2.69 bits per heavy atom. The van der Waals surface area contributed by atoms with Crippen molar-refractivity contribution in [3.63, 3.8) is 0 Å². The van der Waals surface area contributed by atoms with Gasteiger partial charge in [-0.1, -0.05) is 43.0 Å². The molecular weight excluding hydrogens is 424 g/mol. The molecule has 1 heterocycles. The number of fused-ring (bicyclic) bond motifs is 1. The maximum atomic E-state index is 11.4. The lowest BCUT2D eigenvalue weighted by Crippen LogP contribution is -2.41. The van der Waals surface area contributed by atoms with Crippen LogP contribution in [-0.2, 0) is 14.3 Å². The minimum atomic E-state index is -0.168. The van der Waals surface area contributed by atoms with Crippen LogP contribution in [0.15, 0.2) is 55.2 Å². The lowest BCUT2D eigenvalue weighted by molar-refractivity contribution is -0.143. The number of ether oxygens (including phenoxy) is 1. The average Bonchev–Trinajstić information content (AvgIpc) is 3.06. The molecule has 0 bridgehead atoms. The fourth-order valence-electron chi connectivity index (χ4n) is 3.70. The fourth-order valence-corrected chi connectivity index (χ4v) is 3.88. The van der Waals surface area contributed by atoms with Crippen molar-refractivity contribution in [2.75, 3.05) is 31.6 Å². The third kappa shape index (κ3) is 8.64. The Balaban J connectivity index is 0.000000333. The predicted octanol–water partition coefficient (Wildman–Crippen LogP) is 5.46. The highest BCUT2D eigenvalue weighted by atomic mass is 35.5. The van der Waals surface area contributed by atoms with Gasteiger partial charge in [0.1, 0.15) is 6.29 Å². The molecule has 1 aromatic rings. The number of nitrogens with one attached hydrogen (secondary N) is 1. The number of hydrogen-bond acceptors (Lipinski definition) is 5. The molecule has 1 aliphatic heterocycles. The molecule has 1 aliphatic rings. The van der Waals surface area contributed by atoms with Gasteiger partial charge in [0.05, 0.1) is 6.61 Å². The van der Waals surface area contributed by atoms with Gasteiger partial charge in [0.2, 0.25) is 0 Å². The topological polar surface area (TPSA) is 58.6 Å². The normalized spacial score (nSPS) is 15.3. The standard InChI is InChI=1S/C14H18ClNO2.C12H19NO/c1-3-18-14(17)7-4-10-9-16(2)13-6-5-11(15)8-12(10)13;1-5-8-11(6-2)12(3,4)13-9-7-10-14/h5-6,8,10H,3-4,7,9H2,1-2H3;5-6,8,10,13H,1-2,7,9H2,3-4H3/b;11-8+. The average molecular weight is 461 g/mol. The summed E-state index contributed by atoms with van der Waals surface area (Å²) in [6.45, 7) is 15.4. The summed E-state index contributed by atoms with van der Waals surface area (Å²) in [6, 6.07) is 5.96. The Labute approximate surface area is 198 Å². The smallest absolute Gasteiger partial charge is 0.305 e. The molecule has 0 aliphatic carbocycles. The maximum absolute atomic E-state index is 11.4. The van der Waals surface area contributed by atoms with Gasteiger partial charge in [-0.2, -0.15) is 0 Å². The number of hydrogen-bond donors (Lipinski definition) is 1. The number of benzene rings is 1. The second kappa shape index (κ2) is 13.9. The molecule has 0 saturated heterocycles.